The number of fused-ring (bicyclic) bond motifs is 1. The van der Waals surface area contributed by atoms with E-state index in [9.17, 15) is 4.79 Å². The molecule has 2 fully saturated rings. The summed E-state index contributed by atoms with van der Waals surface area (Å²) in [6.07, 6.45) is 13.5. The van der Waals surface area contributed by atoms with Gasteiger partial charge in [-0.15, -0.1) is 0 Å². The van der Waals surface area contributed by atoms with E-state index in [2.05, 4.69) is 35.0 Å². The molecule has 1 aliphatic heterocycles. The highest BCUT2D eigenvalue weighted by Gasteiger charge is 2.32. The number of carbonyl (C=O) groups excluding carboxylic acids is 1. The molecular formula is C23H29N3O2. The van der Waals surface area contributed by atoms with Gasteiger partial charge in [-0.2, -0.15) is 5.10 Å². The lowest BCUT2D eigenvalue weighted by Gasteiger charge is -2.36. The van der Waals surface area contributed by atoms with Crippen LogP contribution in [0.2, 0.25) is 0 Å². The summed E-state index contributed by atoms with van der Waals surface area (Å²) in [7, 11) is 0. The van der Waals surface area contributed by atoms with Gasteiger partial charge in [-0.1, -0.05) is 0 Å². The van der Waals surface area contributed by atoms with E-state index in [-0.39, 0.29) is 18.1 Å². The zero-order chi connectivity index (χ0) is 19.3. The Morgan fingerprint density at radius 3 is 2.64 bits per heavy atom. The number of nitrogens with zero attached hydrogens (tertiary/aromatic N) is 3. The van der Waals surface area contributed by atoms with E-state index in [1.165, 1.54) is 31.2 Å². The fraction of sp³-hybridized carbons (Fsp3) is 0.565. The normalized spacial score (nSPS) is 22.4. The van der Waals surface area contributed by atoms with Gasteiger partial charge in [-0.05, 0) is 70.4 Å². The Balaban J connectivity index is 1.60. The van der Waals surface area contributed by atoms with Gasteiger partial charge in [0.1, 0.15) is 5.75 Å². The first-order valence-electron chi connectivity index (χ1n) is 10.8. The van der Waals surface area contributed by atoms with Crippen LogP contribution in [-0.4, -0.2) is 27.8 Å². The minimum absolute atomic E-state index is 0.106. The van der Waals surface area contributed by atoms with Crippen molar-refractivity contribution in [3.63, 3.8) is 0 Å². The number of carbonyl (C=O) groups is 1. The predicted molar refractivity (Wildman–Crippen MR) is 110 cm³/mol. The molecule has 1 atom stereocenters. The molecule has 3 aliphatic rings. The van der Waals surface area contributed by atoms with E-state index in [4.69, 9.17) is 4.74 Å². The number of hydrogen-bond acceptors (Lipinski definition) is 3. The molecule has 2 aromatic rings. The molecule has 1 aromatic carbocycles. The van der Waals surface area contributed by atoms with Crippen LogP contribution in [0.4, 0.5) is 5.69 Å². The molecule has 5 rings (SSSR count). The summed E-state index contributed by atoms with van der Waals surface area (Å²) in [5, 5.41) is 4.59. The first-order chi connectivity index (χ1) is 13.6. The Morgan fingerprint density at radius 2 is 1.93 bits per heavy atom. The molecule has 1 unspecified atom stereocenters. The molecule has 28 heavy (non-hydrogen) atoms. The highest BCUT2D eigenvalue weighted by atomic mass is 16.5. The van der Waals surface area contributed by atoms with Crippen LogP contribution in [0.5, 0.6) is 5.75 Å². The third-order valence-electron chi connectivity index (χ3n) is 6.51. The minimum Gasteiger partial charge on any atom is -0.489 e. The average molecular weight is 380 g/mol. The zero-order valence-electron chi connectivity index (χ0n) is 16.9. The van der Waals surface area contributed by atoms with Crippen molar-refractivity contribution in [2.75, 3.05) is 4.90 Å². The Kier molecular flexibility index (Phi) is 4.41. The summed E-state index contributed by atoms with van der Waals surface area (Å²) < 4.78 is 8.73. The molecule has 148 valence electrons. The van der Waals surface area contributed by atoms with Crippen molar-refractivity contribution in [3.05, 3.63) is 30.1 Å². The summed E-state index contributed by atoms with van der Waals surface area (Å²) in [6, 6.07) is 5.04. The molecule has 0 saturated heterocycles. The maximum atomic E-state index is 12.3. The van der Waals surface area contributed by atoms with Crippen LogP contribution < -0.4 is 9.64 Å². The molecule has 2 heterocycles. The van der Waals surface area contributed by atoms with Crippen LogP contribution in [-0.2, 0) is 11.2 Å². The molecule has 1 amide bonds. The SMILES string of the molecule is CC(=O)N1c2ccc(-c3cnn(C4CC4)c3)c(OC3CCCC3)c2CCC1C. The second kappa shape index (κ2) is 6.94. The molecule has 5 heteroatoms. The zero-order valence-corrected chi connectivity index (χ0v) is 16.9. The van der Waals surface area contributed by atoms with Gasteiger partial charge in [0.15, 0.2) is 0 Å². The maximum absolute atomic E-state index is 12.3. The van der Waals surface area contributed by atoms with Crippen molar-refractivity contribution in [3.8, 4) is 16.9 Å². The quantitative estimate of drug-likeness (QED) is 0.759. The smallest absolute Gasteiger partial charge is 0.224 e. The van der Waals surface area contributed by atoms with E-state index in [1.54, 1.807) is 6.92 Å². The standard InChI is InChI=1S/C23H29N3O2/c1-15-7-10-21-22(26(15)16(2)27)12-11-20(23(21)28-19-5-3-4-6-19)17-13-24-25(14-17)18-8-9-18/h11-15,18-19H,3-10H2,1-2H3. The Morgan fingerprint density at radius 1 is 1.14 bits per heavy atom. The van der Waals surface area contributed by atoms with Crippen LogP contribution in [0.25, 0.3) is 11.1 Å². The van der Waals surface area contributed by atoms with E-state index in [0.29, 0.717) is 6.04 Å². The number of benzene rings is 1. The van der Waals surface area contributed by atoms with Crippen molar-refractivity contribution in [2.24, 2.45) is 0 Å². The summed E-state index contributed by atoms with van der Waals surface area (Å²) in [4.78, 5) is 14.3. The van der Waals surface area contributed by atoms with E-state index in [0.717, 1.165) is 48.2 Å². The van der Waals surface area contributed by atoms with Crippen LogP contribution >= 0.6 is 0 Å². The van der Waals surface area contributed by atoms with Gasteiger partial charge in [-0.25, -0.2) is 0 Å². The van der Waals surface area contributed by atoms with Crippen molar-refractivity contribution < 1.29 is 9.53 Å². The third-order valence-corrected chi connectivity index (χ3v) is 6.51. The molecule has 2 saturated carbocycles. The van der Waals surface area contributed by atoms with Crippen LogP contribution in [0, 0.1) is 0 Å². The Labute approximate surface area is 166 Å². The van der Waals surface area contributed by atoms with E-state index >= 15 is 0 Å². The van der Waals surface area contributed by atoms with Crippen molar-refractivity contribution in [1.29, 1.82) is 0 Å². The lowest BCUT2D eigenvalue weighted by Crippen LogP contribution is -2.41. The van der Waals surface area contributed by atoms with Crippen molar-refractivity contribution in [1.82, 2.24) is 9.78 Å². The fourth-order valence-electron chi connectivity index (χ4n) is 4.84. The predicted octanol–water partition coefficient (Wildman–Crippen LogP) is 4.89. The van der Waals surface area contributed by atoms with Crippen molar-refractivity contribution >= 4 is 11.6 Å². The van der Waals surface area contributed by atoms with Gasteiger partial charge >= 0.3 is 0 Å². The molecule has 5 nitrogen and oxygen atoms in total. The molecule has 1 aromatic heterocycles. The van der Waals surface area contributed by atoms with E-state index < -0.39 is 0 Å². The van der Waals surface area contributed by atoms with Gasteiger partial charge in [-0.3, -0.25) is 9.48 Å². The lowest BCUT2D eigenvalue weighted by atomic mass is 9.92. The van der Waals surface area contributed by atoms with Gasteiger partial charge in [0.2, 0.25) is 5.91 Å². The Hall–Kier alpha value is -2.30. The molecule has 0 radical (unpaired) electrons. The first kappa shape index (κ1) is 17.8. The van der Waals surface area contributed by atoms with Crippen molar-refractivity contribution in [2.45, 2.75) is 83.4 Å². The number of ether oxygens (including phenoxy) is 1. The average Bonchev–Trinajstić information content (AvgIpc) is 3.18. The van der Waals surface area contributed by atoms with Gasteiger partial charge in [0.05, 0.1) is 24.0 Å². The summed E-state index contributed by atoms with van der Waals surface area (Å²) >= 11 is 0. The monoisotopic (exact) mass is 379 g/mol. The molecule has 0 N–H and O–H groups in total. The molecule has 2 aliphatic carbocycles. The number of anilines is 1. The highest BCUT2D eigenvalue weighted by Crippen LogP contribution is 2.45. The topological polar surface area (TPSA) is 47.4 Å². The Bertz CT molecular complexity index is 893. The highest BCUT2D eigenvalue weighted by molar-refractivity contribution is 5.95. The van der Waals surface area contributed by atoms with Crippen LogP contribution in [0.15, 0.2) is 24.5 Å². The van der Waals surface area contributed by atoms with E-state index in [1.807, 2.05) is 11.1 Å². The minimum atomic E-state index is 0.106. The second-order valence-electron chi connectivity index (χ2n) is 8.68. The third kappa shape index (κ3) is 3.11. The molecule has 0 bridgehead atoms. The van der Waals surface area contributed by atoms with Crippen LogP contribution in [0.1, 0.15) is 70.4 Å². The molecule has 0 spiro atoms. The fourth-order valence-corrected chi connectivity index (χ4v) is 4.84. The number of rotatable bonds is 4. The largest absolute Gasteiger partial charge is 0.489 e. The summed E-state index contributed by atoms with van der Waals surface area (Å²) in [5.74, 6) is 1.09. The number of hydrogen-bond donors (Lipinski definition) is 0. The lowest BCUT2D eigenvalue weighted by molar-refractivity contribution is -0.117. The van der Waals surface area contributed by atoms with Gasteiger partial charge in [0, 0.05) is 35.9 Å². The number of aromatic nitrogens is 2. The van der Waals surface area contributed by atoms with Gasteiger partial charge in [0.25, 0.3) is 0 Å². The van der Waals surface area contributed by atoms with Crippen LogP contribution in [0.3, 0.4) is 0 Å². The summed E-state index contributed by atoms with van der Waals surface area (Å²) in [6.45, 7) is 3.80. The maximum Gasteiger partial charge on any atom is 0.224 e. The second-order valence-corrected chi connectivity index (χ2v) is 8.68. The van der Waals surface area contributed by atoms with Gasteiger partial charge < -0.3 is 9.64 Å². The first-order valence-corrected chi connectivity index (χ1v) is 10.8. The number of amides is 1. The summed E-state index contributed by atoms with van der Waals surface area (Å²) in [5.41, 5.74) is 4.46. The molecular weight excluding hydrogens is 350 g/mol.